The number of carbonyl (C=O) groups excluding carboxylic acids is 1. The van der Waals surface area contributed by atoms with E-state index in [0.717, 1.165) is 34.3 Å². The van der Waals surface area contributed by atoms with Crippen LogP contribution < -0.4 is 5.32 Å². The van der Waals surface area contributed by atoms with Gasteiger partial charge < -0.3 is 10.4 Å². The Morgan fingerprint density at radius 2 is 1.89 bits per heavy atom. The molecule has 184 valence electrons. The quantitative estimate of drug-likeness (QED) is 0.380. The number of aromatic nitrogens is 2. The number of fused-ring (bicyclic) bond motifs is 2. The summed E-state index contributed by atoms with van der Waals surface area (Å²) >= 11 is 10.1. The maximum absolute atomic E-state index is 13.7. The van der Waals surface area contributed by atoms with E-state index in [1.54, 1.807) is 0 Å². The van der Waals surface area contributed by atoms with Crippen molar-refractivity contribution in [3.05, 3.63) is 69.4 Å². The molecule has 2 aliphatic rings. The Morgan fingerprint density at radius 3 is 2.49 bits per heavy atom. The Labute approximate surface area is 220 Å². The minimum Gasteiger partial charge on any atom is -0.390 e. The van der Waals surface area contributed by atoms with Gasteiger partial charge in [0.2, 0.25) is 0 Å². The largest absolute Gasteiger partial charge is 0.390 e. The van der Waals surface area contributed by atoms with Crippen molar-refractivity contribution in [2.24, 2.45) is 16.7 Å². The number of hydrogen-bond acceptors (Lipinski definition) is 3. The average molecular weight is 557 g/mol. The van der Waals surface area contributed by atoms with Gasteiger partial charge in [0.05, 0.1) is 22.9 Å². The molecule has 3 aromatic rings. The van der Waals surface area contributed by atoms with Gasteiger partial charge in [0.25, 0.3) is 5.91 Å². The van der Waals surface area contributed by atoms with E-state index in [1.807, 2.05) is 60.0 Å². The molecular formula is C28H31BrClN3O2. The highest BCUT2D eigenvalue weighted by Gasteiger charge is 2.66. The second-order valence-corrected chi connectivity index (χ2v) is 11.9. The van der Waals surface area contributed by atoms with E-state index < -0.39 is 6.10 Å². The molecule has 0 radical (unpaired) electrons. The fourth-order valence-corrected chi connectivity index (χ4v) is 6.87. The van der Waals surface area contributed by atoms with Gasteiger partial charge >= 0.3 is 0 Å². The maximum Gasteiger partial charge on any atom is 0.272 e. The summed E-state index contributed by atoms with van der Waals surface area (Å²) in [5, 5.41) is 15.0. The molecule has 0 aliphatic heterocycles. The summed E-state index contributed by atoms with van der Waals surface area (Å²) in [6, 6.07) is 15.2. The first-order valence-electron chi connectivity index (χ1n) is 12.2. The van der Waals surface area contributed by atoms with Crippen LogP contribution in [-0.2, 0) is 6.42 Å². The molecule has 7 heteroatoms. The molecule has 1 heterocycles. The predicted octanol–water partition coefficient (Wildman–Crippen LogP) is 6.43. The Bertz CT molecular complexity index is 1290. The van der Waals surface area contributed by atoms with Crippen molar-refractivity contribution in [1.82, 2.24) is 14.9 Å². The number of rotatable bonds is 5. The summed E-state index contributed by atoms with van der Waals surface area (Å²) in [4.78, 5) is 18.6. The van der Waals surface area contributed by atoms with Gasteiger partial charge in [-0.15, -0.1) is 0 Å². The van der Waals surface area contributed by atoms with E-state index in [1.165, 1.54) is 0 Å². The van der Waals surface area contributed by atoms with Gasteiger partial charge in [-0.3, -0.25) is 9.36 Å². The van der Waals surface area contributed by atoms with E-state index in [0.29, 0.717) is 23.0 Å². The first kappa shape index (κ1) is 24.5. The van der Waals surface area contributed by atoms with E-state index in [9.17, 15) is 9.90 Å². The number of hydrogen-bond donors (Lipinski definition) is 2. The maximum atomic E-state index is 13.7. The smallest absolute Gasteiger partial charge is 0.272 e. The van der Waals surface area contributed by atoms with Crippen molar-refractivity contribution in [1.29, 1.82) is 0 Å². The van der Waals surface area contributed by atoms with Crippen LogP contribution in [0.25, 0.3) is 17.1 Å². The van der Waals surface area contributed by atoms with Crippen molar-refractivity contribution in [3.63, 3.8) is 0 Å². The summed E-state index contributed by atoms with van der Waals surface area (Å²) < 4.78 is 2.99. The standard InChI is InChI=1S/C28H31BrClN3O2/c1-5-21-23(26(35)32-22-19-14-15-28(4,24(22)34)27(19,2)3)31-25(18-8-6-7-9-20(18)30)33(21)17-12-10-16(29)11-13-17/h6-13,19,22,24,34H,5,14-15H2,1-4H3,(H,32,35)/t19-,22-,24-,28+/m1/s1. The first-order valence-corrected chi connectivity index (χ1v) is 13.4. The van der Waals surface area contributed by atoms with Crippen LogP contribution in [0.3, 0.4) is 0 Å². The van der Waals surface area contributed by atoms with Crippen molar-refractivity contribution < 1.29 is 9.90 Å². The van der Waals surface area contributed by atoms with Gasteiger partial charge in [-0.2, -0.15) is 0 Å². The first-order chi connectivity index (χ1) is 16.6. The number of halogens is 2. The zero-order valence-corrected chi connectivity index (χ0v) is 22.8. The second-order valence-electron chi connectivity index (χ2n) is 10.6. The summed E-state index contributed by atoms with van der Waals surface area (Å²) in [7, 11) is 0. The van der Waals surface area contributed by atoms with Crippen molar-refractivity contribution in [2.75, 3.05) is 0 Å². The minimum atomic E-state index is -0.582. The minimum absolute atomic E-state index is 0.0442. The van der Waals surface area contributed by atoms with Crippen molar-refractivity contribution in [3.8, 4) is 17.1 Å². The van der Waals surface area contributed by atoms with Crippen LogP contribution in [0.5, 0.6) is 0 Å². The van der Waals surface area contributed by atoms with Gasteiger partial charge in [-0.25, -0.2) is 4.98 Å². The van der Waals surface area contributed by atoms with Gasteiger partial charge in [0.1, 0.15) is 11.5 Å². The van der Waals surface area contributed by atoms with Crippen LogP contribution in [0.2, 0.25) is 5.02 Å². The summed E-state index contributed by atoms with van der Waals surface area (Å²) in [5.74, 6) is 0.607. The number of imidazole rings is 1. The predicted molar refractivity (Wildman–Crippen MR) is 143 cm³/mol. The van der Waals surface area contributed by atoms with E-state index in [4.69, 9.17) is 16.6 Å². The lowest BCUT2D eigenvalue weighted by atomic mass is 9.70. The zero-order valence-electron chi connectivity index (χ0n) is 20.5. The molecule has 2 bridgehead atoms. The SMILES string of the molecule is CCc1c(C(=O)N[C@@H]2[C@H]3CC[C@@](C)([C@@H]2O)C3(C)C)nc(-c2ccccc2Cl)n1-c1ccc(Br)cc1. The van der Waals surface area contributed by atoms with Gasteiger partial charge in [0, 0.05) is 21.1 Å². The number of benzene rings is 2. The number of aliphatic hydroxyl groups excluding tert-OH is 1. The Hall–Kier alpha value is -2.15. The third-order valence-electron chi connectivity index (χ3n) is 8.82. The van der Waals surface area contributed by atoms with Crippen LogP contribution in [-0.4, -0.2) is 32.7 Å². The zero-order chi connectivity index (χ0) is 25.1. The van der Waals surface area contributed by atoms with Crippen molar-refractivity contribution in [2.45, 2.75) is 59.1 Å². The molecule has 1 aromatic heterocycles. The Morgan fingerprint density at radius 1 is 1.20 bits per heavy atom. The average Bonchev–Trinajstić information content (AvgIpc) is 3.37. The third kappa shape index (κ3) is 3.68. The molecule has 5 rings (SSSR count). The number of carbonyl (C=O) groups is 1. The lowest BCUT2D eigenvalue weighted by Gasteiger charge is -2.37. The van der Waals surface area contributed by atoms with E-state index in [2.05, 4.69) is 42.0 Å². The summed E-state index contributed by atoms with van der Waals surface area (Å²) in [6.07, 6.45) is 2.01. The molecule has 1 amide bonds. The molecule has 4 atom stereocenters. The monoisotopic (exact) mass is 555 g/mol. The molecule has 2 saturated carbocycles. The van der Waals surface area contributed by atoms with Gasteiger partial charge in [0.15, 0.2) is 0 Å². The lowest BCUT2D eigenvalue weighted by molar-refractivity contribution is 0.000457. The molecule has 2 aromatic carbocycles. The molecule has 2 fully saturated rings. The third-order valence-corrected chi connectivity index (χ3v) is 9.68. The molecule has 0 saturated heterocycles. The fraction of sp³-hybridized carbons (Fsp3) is 0.429. The van der Waals surface area contributed by atoms with E-state index >= 15 is 0 Å². The number of nitrogens with zero attached hydrogens (tertiary/aromatic N) is 2. The topological polar surface area (TPSA) is 67.2 Å². The van der Waals surface area contributed by atoms with Crippen LogP contribution >= 0.6 is 27.5 Å². The van der Waals surface area contributed by atoms with Gasteiger partial charge in [-0.1, -0.05) is 67.4 Å². The van der Waals surface area contributed by atoms with Crippen LogP contribution in [0, 0.1) is 16.7 Å². The number of nitrogens with one attached hydrogen (secondary N) is 1. The highest BCUT2D eigenvalue weighted by atomic mass is 79.9. The molecule has 0 unspecified atom stereocenters. The van der Waals surface area contributed by atoms with Crippen molar-refractivity contribution >= 4 is 33.4 Å². The van der Waals surface area contributed by atoms with Gasteiger partial charge in [-0.05, 0) is 67.0 Å². The molecular weight excluding hydrogens is 526 g/mol. The summed E-state index contributed by atoms with van der Waals surface area (Å²) in [5.41, 5.74) is 2.60. The lowest BCUT2D eigenvalue weighted by Crippen LogP contribution is -2.49. The highest BCUT2D eigenvalue weighted by Crippen LogP contribution is 2.65. The molecule has 2 N–H and O–H groups in total. The number of amides is 1. The molecule has 0 spiro atoms. The fourth-order valence-electron chi connectivity index (χ4n) is 6.39. The normalized spacial score (nSPS) is 26.8. The Balaban J connectivity index is 1.60. The number of aliphatic hydroxyl groups is 1. The van der Waals surface area contributed by atoms with Crippen LogP contribution in [0.1, 0.15) is 56.7 Å². The second kappa shape index (κ2) is 8.75. The Kier molecular flexibility index (Phi) is 6.14. The molecule has 2 aliphatic carbocycles. The molecule has 5 nitrogen and oxygen atoms in total. The van der Waals surface area contributed by atoms with Crippen LogP contribution in [0.15, 0.2) is 53.0 Å². The summed E-state index contributed by atoms with van der Waals surface area (Å²) in [6.45, 7) is 8.61. The van der Waals surface area contributed by atoms with Crippen LogP contribution in [0.4, 0.5) is 0 Å². The highest BCUT2D eigenvalue weighted by molar-refractivity contribution is 9.10. The van der Waals surface area contributed by atoms with E-state index in [-0.39, 0.29) is 28.7 Å². The molecule has 35 heavy (non-hydrogen) atoms.